The molecule has 0 bridgehead atoms. The Morgan fingerprint density at radius 2 is 2.17 bits per heavy atom. The van der Waals surface area contributed by atoms with Gasteiger partial charge in [-0.3, -0.25) is 4.79 Å². The fraction of sp³-hybridized carbons (Fsp3) is 0.333. The van der Waals surface area contributed by atoms with E-state index in [2.05, 4.69) is 5.32 Å². The van der Waals surface area contributed by atoms with Crippen molar-refractivity contribution < 1.29 is 14.3 Å². The number of carbonyl (C=O) groups is 2. The van der Waals surface area contributed by atoms with Gasteiger partial charge in [-0.05, 0) is 37.8 Å². The monoisotopic (exact) mass is 363 g/mol. The molecule has 0 spiro atoms. The predicted octanol–water partition coefficient (Wildman–Crippen LogP) is 4.03. The first kappa shape index (κ1) is 17.0. The Balaban J connectivity index is 1.52. The molecular weight excluding hydrogens is 346 g/mol. The quantitative estimate of drug-likeness (QED) is 0.622. The highest BCUT2D eigenvalue weighted by Crippen LogP contribution is 2.36. The van der Waals surface area contributed by atoms with Gasteiger partial charge >= 0.3 is 5.97 Å². The van der Waals surface area contributed by atoms with Crippen LogP contribution in [0.2, 0.25) is 5.02 Å². The Morgan fingerprint density at radius 1 is 1.42 bits per heavy atom. The number of thiophene rings is 1. The van der Waals surface area contributed by atoms with Gasteiger partial charge in [-0.15, -0.1) is 11.3 Å². The van der Waals surface area contributed by atoms with E-state index >= 15 is 0 Å². The van der Waals surface area contributed by atoms with E-state index in [1.54, 1.807) is 6.08 Å². The number of fused-ring (bicyclic) bond motifs is 1. The van der Waals surface area contributed by atoms with Gasteiger partial charge in [0.05, 0.1) is 5.02 Å². The molecule has 1 aromatic heterocycles. The van der Waals surface area contributed by atoms with Crippen molar-refractivity contribution in [3.05, 3.63) is 40.2 Å². The van der Waals surface area contributed by atoms with Crippen molar-refractivity contribution in [1.29, 1.82) is 0 Å². The first-order valence-electron chi connectivity index (χ1n) is 7.86. The van der Waals surface area contributed by atoms with Crippen LogP contribution in [0.5, 0.6) is 0 Å². The zero-order valence-electron chi connectivity index (χ0n) is 13.3. The molecule has 1 aromatic carbocycles. The molecule has 0 radical (unpaired) electrons. The maximum Gasteiger partial charge on any atom is 0.331 e. The van der Waals surface area contributed by atoms with E-state index in [1.807, 2.05) is 31.2 Å². The van der Waals surface area contributed by atoms with Gasteiger partial charge in [-0.25, -0.2) is 4.79 Å². The summed E-state index contributed by atoms with van der Waals surface area (Å²) in [6.45, 7) is 1.71. The second kappa shape index (κ2) is 7.36. The van der Waals surface area contributed by atoms with Crippen molar-refractivity contribution in [3.63, 3.8) is 0 Å². The molecule has 0 saturated heterocycles. The standard InChI is InChI=1S/C18H18ClNO3S/c1-11(12-6-7-12)20-16(21)10-23-17(22)9-8-15-18(19)13-4-2-3-5-14(13)24-15/h2-5,8-9,11-12H,6-7,10H2,1H3,(H,20,21)/b9-8+/t11-/m1/s1. The maximum atomic E-state index is 11.8. The van der Waals surface area contributed by atoms with Crippen LogP contribution in [-0.2, 0) is 14.3 Å². The Kier molecular flexibility index (Phi) is 5.21. The largest absolute Gasteiger partial charge is 0.452 e. The summed E-state index contributed by atoms with van der Waals surface area (Å²) in [7, 11) is 0. The fourth-order valence-corrected chi connectivity index (χ4v) is 3.88. The molecule has 1 saturated carbocycles. The number of rotatable bonds is 6. The first-order chi connectivity index (χ1) is 11.5. The van der Waals surface area contributed by atoms with Crippen LogP contribution in [0.1, 0.15) is 24.6 Å². The van der Waals surface area contributed by atoms with E-state index in [0.29, 0.717) is 10.9 Å². The summed E-state index contributed by atoms with van der Waals surface area (Å²) in [5.74, 6) is -0.256. The van der Waals surface area contributed by atoms with E-state index in [4.69, 9.17) is 16.3 Å². The number of carbonyl (C=O) groups excluding carboxylic acids is 2. The summed E-state index contributed by atoms with van der Waals surface area (Å²) < 4.78 is 6.02. The maximum absolute atomic E-state index is 11.8. The zero-order chi connectivity index (χ0) is 17.1. The van der Waals surface area contributed by atoms with Gasteiger partial charge in [0.1, 0.15) is 0 Å². The summed E-state index contributed by atoms with van der Waals surface area (Å²) in [4.78, 5) is 24.2. The molecule has 0 aliphatic heterocycles. The van der Waals surface area contributed by atoms with Crippen LogP contribution < -0.4 is 5.32 Å². The van der Waals surface area contributed by atoms with Gasteiger partial charge in [-0.1, -0.05) is 29.8 Å². The topological polar surface area (TPSA) is 55.4 Å². The number of ether oxygens (including phenoxy) is 1. The summed E-state index contributed by atoms with van der Waals surface area (Å²) in [5.41, 5.74) is 0. The van der Waals surface area contributed by atoms with Crippen LogP contribution in [-0.4, -0.2) is 24.5 Å². The van der Waals surface area contributed by atoms with Crippen LogP contribution in [0.25, 0.3) is 16.2 Å². The lowest BCUT2D eigenvalue weighted by Crippen LogP contribution is -2.36. The molecule has 0 unspecified atom stereocenters. The molecule has 126 valence electrons. The molecule has 1 heterocycles. The third kappa shape index (κ3) is 4.16. The Bertz CT molecular complexity index is 795. The number of benzene rings is 1. The Hall–Kier alpha value is -1.85. The molecule has 1 atom stereocenters. The van der Waals surface area contributed by atoms with E-state index in [1.165, 1.54) is 17.4 Å². The van der Waals surface area contributed by atoms with E-state index < -0.39 is 5.97 Å². The van der Waals surface area contributed by atoms with Crippen molar-refractivity contribution in [2.45, 2.75) is 25.8 Å². The number of nitrogens with one attached hydrogen (secondary N) is 1. The van der Waals surface area contributed by atoms with Crippen molar-refractivity contribution in [2.75, 3.05) is 6.61 Å². The van der Waals surface area contributed by atoms with Crippen LogP contribution in [0.3, 0.4) is 0 Å². The van der Waals surface area contributed by atoms with Gasteiger partial charge in [0.15, 0.2) is 6.61 Å². The molecule has 6 heteroatoms. The first-order valence-corrected chi connectivity index (χ1v) is 9.05. The molecule has 1 aliphatic carbocycles. The number of hydrogen-bond acceptors (Lipinski definition) is 4. The van der Waals surface area contributed by atoms with Crippen LogP contribution in [0.4, 0.5) is 0 Å². The van der Waals surface area contributed by atoms with Crippen molar-refractivity contribution >= 4 is 51.0 Å². The number of amides is 1. The number of halogens is 1. The normalized spacial score (nSPS) is 15.6. The van der Waals surface area contributed by atoms with Crippen LogP contribution in [0, 0.1) is 5.92 Å². The van der Waals surface area contributed by atoms with Gasteiger partial charge in [-0.2, -0.15) is 0 Å². The highest BCUT2D eigenvalue weighted by Gasteiger charge is 2.28. The number of hydrogen-bond donors (Lipinski definition) is 1. The van der Waals surface area contributed by atoms with Crippen LogP contribution in [0.15, 0.2) is 30.3 Å². The summed E-state index contributed by atoms with van der Waals surface area (Å²) in [6.07, 6.45) is 5.23. The average molecular weight is 364 g/mol. The highest BCUT2D eigenvalue weighted by atomic mass is 35.5. The molecule has 1 amide bonds. The molecule has 1 fully saturated rings. The molecule has 4 nitrogen and oxygen atoms in total. The second-order valence-electron chi connectivity index (χ2n) is 5.91. The van der Waals surface area contributed by atoms with Crippen molar-refractivity contribution in [1.82, 2.24) is 5.32 Å². The molecule has 24 heavy (non-hydrogen) atoms. The smallest absolute Gasteiger partial charge is 0.331 e. The van der Waals surface area contributed by atoms with Crippen molar-refractivity contribution in [3.8, 4) is 0 Å². The third-order valence-corrected chi connectivity index (χ3v) is 5.65. The lowest BCUT2D eigenvalue weighted by Gasteiger charge is -2.12. The summed E-state index contributed by atoms with van der Waals surface area (Å²) in [6, 6.07) is 7.92. The lowest BCUT2D eigenvalue weighted by atomic mass is 10.2. The minimum Gasteiger partial charge on any atom is -0.452 e. The van der Waals surface area contributed by atoms with E-state index in [0.717, 1.165) is 27.8 Å². The van der Waals surface area contributed by atoms with Crippen LogP contribution >= 0.6 is 22.9 Å². The minimum atomic E-state index is -0.558. The SMILES string of the molecule is C[C@@H](NC(=O)COC(=O)/C=C/c1sc2ccccc2c1Cl)C1CC1. The second-order valence-corrected chi connectivity index (χ2v) is 7.37. The van der Waals surface area contributed by atoms with E-state index in [-0.39, 0.29) is 18.6 Å². The molecular formula is C18H18ClNO3S. The zero-order valence-corrected chi connectivity index (χ0v) is 14.8. The highest BCUT2D eigenvalue weighted by molar-refractivity contribution is 7.20. The fourth-order valence-electron chi connectivity index (χ4n) is 2.48. The van der Waals surface area contributed by atoms with Gasteiger partial charge in [0, 0.05) is 27.1 Å². The Labute approximate surface area is 149 Å². The molecule has 3 rings (SSSR count). The number of esters is 1. The van der Waals surface area contributed by atoms with Gasteiger partial charge in [0.2, 0.25) is 0 Å². The molecule has 2 aromatic rings. The van der Waals surface area contributed by atoms with Gasteiger partial charge in [0.25, 0.3) is 5.91 Å². The van der Waals surface area contributed by atoms with Crippen molar-refractivity contribution in [2.24, 2.45) is 5.92 Å². The van der Waals surface area contributed by atoms with Gasteiger partial charge < -0.3 is 10.1 Å². The summed E-state index contributed by atoms with van der Waals surface area (Å²) >= 11 is 7.81. The predicted molar refractivity (Wildman–Crippen MR) is 97.2 cm³/mol. The average Bonchev–Trinajstić information content (AvgIpc) is 3.37. The third-order valence-electron chi connectivity index (χ3n) is 3.99. The van der Waals surface area contributed by atoms with E-state index in [9.17, 15) is 9.59 Å². The molecule has 1 N–H and O–H groups in total. The molecule has 1 aliphatic rings. The Morgan fingerprint density at radius 3 is 2.88 bits per heavy atom. The minimum absolute atomic E-state index is 0.143. The summed E-state index contributed by atoms with van der Waals surface area (Å²) in [5, 5.41) is 4.42. The lowest BCUT2D eigenvalue weighted by molar-refractivity contribution is -0.144.